The number of primary amides is 1. The van der Waals surface area contributed by atoms with Gasteiger partial charge in [-0.25, -0.2) is 9.97 Å². The van der Waals surface area contributed by atoms with Gasteiger partial charge >= 0.3 is 0 Å². The average molecular weight is 373 g/mol. The summed E-state index contributed by atoms with van der Waals surface area (Å²) in [6, 6.07) is 13.5. The maximum atomic E-state index is 12.6. The molecule has 0 aliphatic heterocycles. The molecule has 0 fully saturated rings. The number of aromatic nitrogens is 2. The summed E-state index contributed by atoms with van der Waals surface area (Å²) in [5, 5.41) is 2.71. The number of benzene rings is 2. The molecule has 0 spiro atoms. The lowest BCUT2D eigenvalue weighted by Crippen LogP contribution is -2.17. The SMILES string of the molecule is COc1ccccc1NC(=O)c1nc(-c2cccc(C(N)=O)c2)cnc1N.[HH].[HH].[HH].[HH].[HH]. The quantitative estimate of drug-likeness (QED) is 0.628. The summed E-state index contributed by atoms with van der Waals surface area (Å²) in [7, 11) is 1.51. The Morgan fingerprint density at radius 1 is 1.15 bits per heavy atom. The van der Waals surface area contributed by atoms with E-state index in [1.165, 1.54) is 13.3 Å². The van der Waals surface area contributed by atoms with E-state index in [4.69, 9.17) is 16.2 Å². The number of nitrogens with two attached hydrogens (primary N) is 2. The van der Waals surface area contributed by atoms with Gasteiger partial charge in [-0.1, -0.05) is 24.3 Å². The van der Waals surface area contributed by atoms with Crippen molar-refractivity contribution in [1.29, 1.82) is 0 Å². The fraction of sp³-hybridized carbons (Fsp3) is 0.0526. The second kappa shape index (κ2) is 7.52. The van der Waals surface area contributed by atoms with E-state index in [1.807, 2.05) is 0 Å². The van der Waals surface area contributed by atoms with Crippen LogP contribution in [0, 0.1) is 0 Å². The topological polar surface area (TPSA) is 133 Å². The standard InChI is InChI=1S/C19H17N5O3.5H2/c1-27-15-8-3-2-7-13(15)24-19(26)16-17(20)22-10-14(23-16)11-5-4-6-12(9-11)18(21)25;;;;;/h2-10H,1H3,(H2,20,22)(H2,21,25)(H,24,26);5*1H. The van der Waals surface area contributed by atoms with Crippen LogP contribution in [0.15, 0.2) is 54.7 Å². The predicted molar refractivity (Wildman–Crippen MR) is 112 cm³/mol. The molecule has 2 amide bonds. The molecule has 146 valence electrons. The lowest BCUT2D eigenvalue weighted by Gasteiger charge is -2.11. The van der Waals surface area contributed by atoms with Crippen LogP contribution in [0.5, 0.6) is 5.75 Å². The van der Waals surface area contributed by atoms with E-state index < -0.39 is 11.8 Å². The van der Waals surface area contributed by atoms with E-state index in [0.717, 1.165) is 0 Å². The number of nitrogens with one attached hydrogen (secondary N) is 1. The van der Waals surface area contributed by atoms with Gasteiger partial charge in [0.05, 0.1) is 24.7 Å². The first-order valence-corrected chi connectivity index (χ1v) is 7.96. The van der Waals surface area contributed by atoms with E-state index >= 15 is 0 Å². The Balaban J connectivity index is -0.00000168. The van der Waals surface area contributed by atoms with Crippen LogP contribution < -0.4 is 21.5 Å². The number of anilines is 2. The summed E-state index contributed by atoms with van der Waals surface area (Å²) in [5.41, 5.74) is 12.9. The number of para-hydroxylation sites is 2. The molecule has 0 saturated heterocycles. The minimum Gasteiger partial charge on any atom is -0.495 e. The van der Waals surface area contributed by atoms with E-state index in [1.54, 1.807) is 48.5 Å². The number of nitrogen functional groups attached to an aromatic ring is 1. The zero-order chi connectivity index (χ0) is 19.4. The third kappa shape index (κ3) is 3.84. The molecule has 3 aromatic rings. The highest BCUT2D eigenvalue weighted by atomic mass is 16.5. The number of carbonyl (C=O) groups excluding carboxylic acids is 2. The molecule has 1 aromatic heterocycles. The maximum absolute atomic E-state index is 12.6. The van der Waals surface area contributed by atoms with Crippen LogP contribution in [0.25, 0.3) is 11.3 Å². The highest BCUT2D eigenvalue weighted by Crippen LogP contribution is 2.25. The third-order valence-corrected chi connectivity index (χ3v) is 3.81. The Morgan fingerprint density at radius 2 is 1.93 bits per heavy atom. The first-order valence-electron chi connectivity index (χ1n) is 7.96. The molecule has 0 radical (unpaired) electrons. The number of hydrogen-bond acceptors (Lipinski definition) is 6. The molecule has 2 aromatic carbocycles. The molecule has 5 N–H and O–H groups in total. The Morgan fingerprint density at radius 3 is 2.67 bits per heavy atom. The predicted octanol–water partition coefficient (Wildman–Crippen LogP) is 3.32. The van der Waals surface area contributed by atoms with Gasteiger partial charge in [-0.2, -0.15) is 0 Å². The number of rotatable bonds is 5. The van der Waals surface area contributed by atoms with Gasteiger partial charge in [-0.05, 0) is 24.3 Å². The molecule has 0 saturated carbocycles. The van der Waals surface area contributed by atoms with Gasteiger partial charge in [0.25, 0.3) is 5.91 Å². The van der Waals surface area contributed by atoms with Gasteiger partial charge in [0.15, 0.2) is 11.5 Å². The van der Waals surface area contributed by atoms with Gasteiger partial charge in [0.2, 0.25) is 5.91 Å². The molecular formula is C19H27N5O3. The summed E-state index contributed by atoms with van der Waals surface area (Å²) in [6.07, 6.45) is 1.43. The summed E-state index contributed by atoms with van der Waals surface area (Å²) < 4.78 is 5.22. The van der Waals surface area contributed by atoms with Crippen LogP contribution in [0.1, 0.15) is 28.0 Å². The molecule has 27 heavy (non-hydrogen) atoms. The summed E-state index contributed by atoms with van der Waals surface area (Å²) in [6.45, 7) is 0. The van der Waals surface area contributed by atoms with Crippen molar-refractivity contribution < 1.29 is 21.5 Å². The molecule has 0 bridgehead atoms. The zero-order valence-corrected chi connectivity index (χ0v) is 14.5. The Labute approximate surface area is 162 Å². The van der Waals surface area contributed by atoms with Crippen LogP contribution in [0.3, 0.4) is 0 Å². The smallest absolute Gasteiger partial charge is 0.278 e. The molecule has 0 aliphatic carbocycles. The highest BCUT2D eigenvalue weighted by molar-refractivity contribution is 6.06. The van der Waals surface area contributed by atoms with Crippen molar-refractivity contribution in [3.63, 3.8) is 0 Å². The largest absolute Gasteiger partial charge is 0.495 e. The van der Waals surface area contributed by atoms with Gasteiger partial charge in [-0.15, -0.1) is 0 Å². The lowest BCUT2D eigenvalue weighted by molar-refractivity contribution is 0.0997. The van der Waals surface area contributed by atoms with Crippen molar-refractivity contribution in [1.82, 2.24) is 9.97 Å². The first kappa shape index (κ1) is 17.9. The van der Waals surface area contributed by atoms with Gasteiger partial charge in [0, 0.05) is 18.3 Å². The van der Waals surface area contributed by atoms with Crippen LogP contribution in [-0.4, -0.2) is 28.9 Å². The van der Waals surface area contributed by atoms with Gasteiger partial charge in [0.1, 0.15) is 5.75 Å². The van der Waals surface area contributed by atoms with Crippen molar-refractivity contribution >= 4 is 23.3 Å². The Bertz CT molecular complexity index is 1040. The van der Waals surface area contributed by atoms with Crippen molar-refractivity contribution in [2.24, 2.45) is 5.73 Å². The number of ether oxygens (including phenoxy) is 1. The molecule has 0 aliphatic rings. The maximum Gasteiger partial charge on any atom is 0.278 e. The van der Waals surface area contributed by atoms with Gasteiger partial charge < -0.3 is 21.5 Å². The number of methoxy groups -OCH3 is 1. The minimum absolute atomic E-state index is 0. The summed E-state index contributed by atoms with van der Waals surface area (Å²) in [4.78, 5) is 32.4. The van der Waals surface area contributed by atoms with Crippen LogP contribution in [-0.2, 0) is 0 Å². The normalized spacial score (nSPS) is 10.3. The van der Waals surface area contributed by atoms with Crippen molar-refractivity contribution in [2.45, 2.75) is 0 Å². The summed E-state index contributed by atoms with van der Waals surface area (Å²) in [5.74, 6) is -0.605. The Hall–Kier alpha value is -3.94. The number of amides is 2. The molecular weight excluding hydrogens is 346 g/mol. The van der Waals surface area contributed by atoms with Crippen molar-refractivity contribution in [3.8, 4) is 17.0 Å². The number of hydrogen-bond donors (Lipinski definition) is 3. The third-order valence-electron chi connectivity index (χ3n) is 3.81. The van der Waals surface area contributed by atoms with E-state index in [2.05, 4.69) is 15.3 Å². The minimum atomic E-state index is -0.561. The molecule has 0 unspecified atom stereocenters. The Kier molecular flexibility index (Phi) is 4.98. The van der Waals surface area contributed by atoms with Gasteiger partial charge in [-0.3, -0.25) is 9.59 Å². The van der Waals surface area contributed by atoms with E-state index in [0.29, 0.717) is 28.3 Å². The summed E-state index contributed by atoms with van der Waals surface area (Å²) >= 11 is 0. The zero-order valence-electron chi connectivity index (χ0n) is 14.5. The molecule has 3 rings (SSSR count). The fourth-order valence-electron chi connectivity index (χ4n) is 2.47. The van der Waals surface area contributed by atoms with E-state index in [9.17, 15) is 9.59 Å². The van der Waals surface area contributed by atoms with Crippen molar-refractivity contribution in [3.05, 3.63) is 66.0 Å². The van der Waals surface area contributed by atoms with Crippen LogP contribution in [0.4, 0.5) is 11.5 Å². The molecule has 0 atom stereocenters. The second-order valence-electron chi connectivity index (χ2n) is 5.59. The second-order valence-corrected chi connectivity index (χ2v) is 5.59. The number of nitrogens with zero attached hydrogens (tertiary/aromatic N) is 2. The van der Waals surface area contributed by atoms with E-state index in [-0.39, 0.29) is 18.6 Å². The lowest BCUT2D eigenvalue weighted by atomic mass is 10.1. The average Bonchev–Trinajstić information content (AvgIpc) is 2.68. The first-order chi connectivity index (χ1) is 13.0. The van der Waals surface area contributed by atoms with Crippen LogP contribution in [0.2, 0.25) is 0 Å². The monoisotopic (exact) mass is 373 g/mol. The molecule has 1 heterocycles. The van der Waals surface area contributed by atoms with Crippen molar-refractivity contribution in [2.75, 3.05) is 18.2 Å². The molecule has 8 nitrogen and oxygen atoms in total. The fourth-order valence-corrected chi connectivity index (χ4v) is 2.47. The van der Waals surface area contributed by atoms with Crippen LogP contribution >= 0.6 is 0 Å². The highest BCUT2D eigenvalue weighted by Gasteiger charge is 2.17. The molecule has 8 heteroatoms. The number of carbonyl (C=O) groups is 2.